The zero-order valence-electron chi connectivity index (χ0n) is 12.1. The van der Waals surface area contributed by atoms with Crippen molar-refractivity contribution in [2.24, 2.45) is 0 Å². The van der Waals surface area contributed by atoms with E-state index in [1.54, 1.807) is 19.5 Å². The van der Waals surface area contributed by atoms with Crippen molar-refractivity contribution in [3.8, 4) is 5.75 Å². The van der Waals surface area contributed by atoms with Gasteiger partial charge in [0.25, 0.3) is 0 Å². The van der Waals surface area contributed by atoms with Gasteiger partial charge in [-0.15, -0.1) is 0 Å². The number of hydrogen-bond donors (Lipinski definition) is 1. The van der Waals surface area contributed by atoms with Crippen LogP contribution in [-0.2, 0) is 13.1 Å². The molecule has 106 valence electrons. The highest BCUT2D eigenvalue weighted by Crippen LogP contribution is 2.15. The number of nitrogens with one attached hydrogen (secondary N) is 1. The van der Waals surface area contributed by atoms with Gasteiger partial charge >= 0.3 is 0 Å². The first kappa shape index (κ1) is 14.3. The minimum Gasteiger partial charge on any atom is -0.497 e. The summed E-state index contributed by atoms with van der Waals surface area (Å²) in [5.74, 6) is 1.74. The fourth-order valence-electron chi connectivity index (χ4n) is 1.93. The quantitative estimate of drug-likeness (QED) is 0.869. The second kappa shape index (κ2) is 6.86. The number of anilines is 1. The maximum atomic E-state index is 5.16. The molecule has 0 amide bonds. The summed E-state index contributed by atoms with van der Waals surface area (Å²) in [6, 6.07) is 8.04. The average molecular weight is 272 g/mol. The molecule has 5 heteroatoms. The molecule has 20 heavy (non-hydrogen) atoms. The first-order valence-corrected chi connectivity index (χ1v) is 6.52. The summed E-state index contributed by atoms with van der Waals surface area (Å²) < 4.78 is 5.16. The molecule has 0 aliphatic heterocycles. The van der Waals surface area contributed by atoms with E-state index in [0.29, 0.717) is 0 Å². The van der Waals surface area contributed by atoms with Gasteiger partial charge in [0.15, 0.2) is 0 Å². The van der Waals surface area contributed by atoms with Crippen LogP contribution in [0.3, 0.4) is 0 Å². The fourth-order valence-corrected chi connectivity index (χ4v) is 1.93. The van der Waals surface area contributed by atoms with E-state index in [-0.39, 0.29) is 0 Å². The predicted molar refractivity (Wildman–Crippen MR) is 79.9 cm³/mol. The lowest BCUT2D eigenvalue weighted by molar-refractivity contribution is 0.414. The van der Waals surface area contributed by atoms with Gasteiger partial charge in [-0.25, -0.2) is 4.98 Å². The van der Waals surface area contributed by atoms with Crippen molar-refractivity contribution in [1.29, 1.82) is 0 Å². The van der Waals surface area contributed by atoms with Crippen molar-refractivity contribution in [3.63, 3.8) is 0 Å². The first-order chi connectivity index (χ1) is 9.72. The molecule has 5 nitrogen and oxygen atoms in total. The van der Waals surface area contributed by atoms with Crippen LogP contribution in [0.25, 0.3) is 0 Å². The number of rotatable bonds is 6. The molecule has 0 radical (unpaired) electrons. The molecule has 1 heterocycles. The highest BCUT2D eigenvalue weighted by Gasteiger charge is 2.05. The molecule has 0 fully saturated rings. The summed E-state index contributed by atoms with van der Waals surface area (Å²) in [6.07, 6.45) is 3.56. The summed E-state index contributed by atoms with van der Waals surface area (Å²) >= 11 is 0. The number of nitrogens with zero attached hydrogens (tertiary/aromatic N) is 3. The van der Waals surface area contributed by atoms with Gasteiger partial charge in [0.05, 0.1) is 19.0 Å². The van der Waals surface area contributed by atoms with Crippen LogP contribution in [0, 0.1) is 0 Å². The van der Waals surface area contributed by atoms with Crippen molar-refractivity contribution in [2.75, 3.05) is 26.1 Å². The van der Waals surface area contributed by atoms with E-state index in [1.165, 1.54) is 5.56 Å². The smallest absolute Gasteiger partial charge is 0.147 e. The summed E-state index contributed by atoms with van der Waals surface area (Å²) in [4.78, 5) is 10.9. The highest BCUT2D eigenvalue weighted by molar-refractivity contribution is 5.37. The molecule has 0 atom stereocenters. The van der Waals surface area contributed by atoms with E-state index in [2.05, 4.69) is 32.3 Å². The number of hydrogen-bond acceptors (Lipinski definition) is 5. The Morgan fingerprint density at radius 2 is 1.95 bits per heavy atom. The Morgan fingerprint density at radius 3 is 2.60 bits per heavy atom. The lowest BCUT2D eigenvalue weighted by Crippen LogP contribution is -2.19. The zero-order valence-corrected chi connectivity index (χ0v) is 12.1. The number of aromatic nitrogens is 2. The number of ether oxygens (including phenoxy) is 1. The van der Waals surface area contributed by atoms with Crippen LogP contribution < -0.4 is 15.0 Å². The average Bonchev–Trinajstić information content (AvgIpc) is 2.48. The molecule has 1 N–H and O–H groups in total. The summed E-state index contributed by atoms with van der Waals surface area (Å²) in [7, 11) is 5.58. The van der Waals surface area contributed by atoms with Gasteiger partial charge in [0.2, 0.25) is 0 Å². The first-order valence-electron chi connectivity index (χ1n) is 6.52. The van der Waals surface area contributed by atoms with Gasteiger partial charge < -0.3 is 15.0 Å². The van der Waals surface area contributed by atoms with Crippen molar-refractivity contribution < 1.29 is 4.74 Å². The molecule has 0 spiro atoms. The van der Waals surface area contributed by atoms with Crippen molar-refractivity contribution >= 4 is 5.82 Å². The normalized spacial score (nSPS) is 10.3. The summed E-state index contributed by atoms with van der Waals surface area (Å²) in [5, 5.41) is 3.08. The second-order valence-corrected chi connectivity index (χ2v) is 4.60. The molecule has 2 aromatic rings. The molecule has 1 aromatic heterocycles. The minimum atomic E-state index is 0.719. The molecule has 0 saturated carbocycles. The zero-order chi connectivity index (χ0) is 14.4. The summed E-state index contributed by atoms with van der Waals surface area (Å²) in [6.45, 7) is 1.50. The van der Waals surface area contributed by atoms with Crippen molar-refractivity contribution in [2.45, 2.75) is 13.1 Å². The third-order valence-electron chi connectivity index (χ3n) is 3.00. The van der Waals surface area contributed by atoms with E-state index in [1.807, 2.05) is 26.2 Å². The largest absolute Gasteiger partial charge is 0.497 e. The molecular weight excluding hydrogens is 252 g/mol. The Morgan fingerprint density at radius 1 is 1.20 bits per heavy atom. The Hall–Kier alpha value is -2.14. The van der Waals surface area contributed by atoms with E-state index in [4.69, 9.17) is 4.74 Å². The van der Waals surface area contributed by atoms with Crippen molar-refractivity contribution in [1.82, 2.24) is 15.3 Å². The third-order valence-corrected chi connectivity index (χ3v) is 3.00. The van der Waals surface area contributed by atoms with E-state index in [0.717, 1.165) is 30.4 Å². The maximum absolute atomic E-state index is 5.16. The standard InChI is InChI=1S/C15H20N4O/c1-16-8-13-9-17-10-15(18-13)19(2)11-12-4-6-14(20-3)7-5-12/h4-7,9-10,16H,8,11H2,1-3H3. The Labute approximate surface area is 119 Å². The second-order valence-electron chi connectivity index (χ2n) is 4.60. The third kappa shape index (κ3) is 3.68. The van der Waals surface area contributed by atoms with Crippen LogP contribution in [-0.4, -0.2) is 31.2 Å². The molecule has 0 saturated heterocycles. The number of benzene rings is 1. The molecule has 0 bridgehead atoms. The Balaban J connectivity index is 2.06. The molecule has 0 aliphatic carbocycles. The predicted octanol–water partition coefficient (Wildman–Crippen LogP) is 1.84. The Bertz CT molecular complexity index is 542. The van der Waals surface area contributed by atoms with E-state index >= 15 is 0 Å². The van der Waals surface area contributed by atoms with Gasteiger partial charge in [0.1, 0.15) is 11.6 Å². The Kier molecular flexibility index (Phi) is 4.90. The van der Waals surface area contributed by atoms with Crippen LogP contribution >= 0.6 is 0 Å². The molecule has 0 unspecified atom stereocenters. The lowest BCUT2D eigenvalue weighted by atomic mass is 10.2. The summed E-state index contributed by atoms with van der Waals surface area (Å²) in [5.41, 5.74) is 2.14. The molecular formula is C15H20N4O. The van der Waals surface area contributed by atoms with Crippen LogP contribution in [0.15, 0.2) is 36.7 Å². The van der Waals surface area contributed by atoms with Crippen molar-refractivity contribution in [3.05, 3.63) is 47.9 Å². The van der Waals surface area contributed by atoms with Gasteiger partial charge in [-0.1, -0.05) is 12.1 Å². The molecule has 2 rings (SSSR count). The van der Waals surface area contributed by atoms with Gasteiger partial charge in [0, 0.05) is 26.3 Å². The van der Waals surface area contributed by atoms with Gasteiger partial charge in [-0.2, -0.15) is 0 Å². The van der Waals surface area contributed by atoms with Gasteiger partial charge in [-0.3, -0.25) is 4.98 Å². The van der Waals surface area contributed by atoms with Crippen LogP contribution in [0.5, 0.6) is 5.75 Å². The fraction of sp³-hybridized carbons (Fsp3) is 0.333. The van der Waals surface area contributed by atoms with Crippen LogP contribution in [0.4, 0.5) is 5.82 Å². The van der Waals surface area contributed by atoms with Gasteiger partial charge in [-0.05, 0) is 24.7 Å². The monoisotopic (exact) mass is 272 g/mol. The topological polar surface area (TPSA) is 50.3 Å². The number of methoxy groups -OCH3 is 1. The van der Waals surface area contributed by atoms with E-state index < -0.39 is 0 Å². The van der Waals surface area contributed by atoms with Crippen LogP contribution in [0.2, 0.25) is 0 Å². The minimum absolute atomic E-state index is 0.719. The lowest BCUT2D eigenvalue weighted by Gasteiger charge is -2.18. The maximum Gasteiger partial charge on any atom is 0.147 e. The molecule has 0 aliphatic rings. The SMILES string of the molecule is CNCc1cncc(N(C)Cc2ccc(OC)cc2)n1. The highest BCUT2D eigenvalue weighted by atomic mass is 16.5. The molecule has 1 aromatic carbocycles. The van der Waals surface area contributed by atoms with E-state index in [9.17, 15) is 0 Å². The van der Waals surface area contributed by atoms with Crippen LogP contribution in [0.1, 0.15) is 11.3 Å².